The Kier molecular flexibility index (Phi) is 3.63. The molecule has 18 heavy (non-hydrogen) atoms. The molecule has 94 valence electrons. The fourth-order valence-electron chi connectivity index (χ4n) is 1.89. The summed E-state index contributed by atoms with van der Waals surface area (Å²) in [6.07, 6.45) is 0. The van der Waals surface area contributed by atoms with Crippen LogP contribution in [-0.2, 0) is 0 Å². The van der Waals surface area contributed by atoms with Crippen LogP contribution in [0, 0.1) is 12.7 Å². The Bertz CT molecular complexity index is 537. The number of rotatable bonds is 3. The average molecular weight is 245 g/mol. The molecule has 0 aliphatic rings. The van der Waals surface area contributed by atoms with Gasteiger partial charge in [0.25, 0.3) is 0 Å². The number of hydrogen-bond acceptors (Lipinski definition) is 2. The number of ether oxygens (including phenoxy) is 1. The summed E-state index contributed by atoms with van der Waals surface area (Å²) in [7, 11) is 1.61. The molecular formula is C15H16FNO. The van der Waals surface area contributed by atoms with E-state index in [0.29, 0.717) is 5.56 Å². The lowest BCUT2D eigenvalue weighted by molar-refractivity contribution is 0.414. The van der Waals surface area contributed by atoms with Gasteiger partial charge in [-0.25, -0.2) is 4.39 Å². The Morgan fingerprint density at radius 1 is 1.11 bits per heavy atom. The molecule has 1 unspecified atom stereocenters. The van der Waals surface area contributed by atoms with Crippen molar-refractivity contribution in [1.82, 2.24) is 0 Å². The highest BCUT2D eigenvalue weighted by Crippen LogP contribution is 2.24. The van der Waals surface area contributed by atoms with Gasteiger partial charge >= 0.3 is 0 Å². The Hall–Kier alpha value is -1.87. The second-order valence-electron chi connectivity index (χ2n) is 4.28. The van der Waals surface area contributed by atoms with Crippen LogP contribution in [0.1, 0.15) is 22.7 Å². The first-order chi connectivity index (χ1) is 8.61. The number of halogens is 1. The maximum absolute atomic E-state index is 13.7. The van der Waals surface area contributed by atoms with Gasteiger partial charge in [-0.2, -0.15) is 0 Å². The Morgan fingerprint density at radius 3 is 2.39 bits per heavy atom. The van der Waals surface area contributed by atoms with Gasteiger partial charge in [-0.05, 0) is 30.7 Å². The average Bonchev–Trinajstić information content (AvgIpc) is 2.41. The zero-order valence-electron chi connectivity index (χ0n) is 10.5. The van der Waals surface area contributed by atoms with Crippen LogP contribution in [0.2, 0.25) is 0 Å². The zero-order valence-corrected chi connectivity index (χ0v) is 10.5. The third-order valence-corrected chi connectivity index (χ3v) is 2.96. The van der Waals surface area contributed by atoms with E-state index in [2.05, 4.69) is 0 Å². The van der Waals surface area contributed by atoms with Crippen molar-refractivity contribution in [2.24, 2.45) is 5.73 Å². The first-order valence-corrected chi connectivity index (χ1v) is 5.77. The lowest BCUT2D eigenvalue weighted by atomic mass is 9.97. The lowest BCUT2D eigenvalue weighted by Crippen LogP contribution is -2.13. The fraction of sp³-hybridized carbons (Fsp3) is 0.200. The van der Waals surface area contributed by atoms with Crippen LogP contribution in [0.25, 0.3) is 0 Å². The molecule has 0 spiro atoms. The Balaban J connectivity index is 2.34. The van der Waals surface area contributed by atoms with Gasteiger partial charge in [0.15, 0.2) is 0 Å². The van der Waals surface area contributed by atoms with Crippen molar-refractivity contribution in [1.29, 1.82) is 0 Å². The molecule has 2 N–H and O–H groups in total. The first kappa shape index (κ1) is 12.6. The van der Waals surface area contributed by atoms with Crippen molar-refractivity contribution in [3.8, 4) is 5.75 Å². The third-order valence-electron chi connectivity index (χ3n) is 2.96. The topological polar surface area (TPSA) is 35.2 Å². The summed E-state index contributed by atoms with van der Waals surface area (Å²) in [6.45, 7) is 1.92. The molecule has 0 radical (unpaired) electrons. The number of methoxy groups -OCH3 is 1. The van der Waals surface area contributed by atoms with Crippen LogP contribution in [0.5, 0.6) is 5.75 Å². The van der Waals surface area contributed by atoms with E-state index >= 15 is 0 Å². The molecule has 0 heterocycles. The van der Waals surface area contributed by atoms with Crippen molar-refractivity contribution in [3.63, 3.8) is 0 Å². The van der Waals surface area contributed by atoms with Crippen LogP contribution in [0.3, 0.4) is 0 Å². The quantitative estimate of drug-likeness (QED) is 0.901. The minimum Gasteiger partial charge on any atom is -0.497 e. The summed E-state index contributed by atoms with van der Waals surface area (Å²) in [4.78, 5) is 0. The molecule has 1 atom stereocenters. The molecule has 0 aliphatic heterocycles. The van der Waals surface area contributed by atoms with Gasteiger partial charge in [0.1, 0.15) is 11.6 Å². The Morgan fingerprint density at radius 2 is 1.78 bits per heavy atom. The predicted octanol–water partition coefficient (Wildman–Crippen LogP) is 3.19. The van der Waals surface area contributed by atoms with Crippen molar-refractivity contribution in [3.05, 3.63) is 65.0 Å². The standard InChI is InChI=1S/C15H16FNO/c1-10-3-8-14(16)13(9-10)15(17)11-4-6-12(18-2)7-5-11/h3-9,15H,17H2,1-2H3. The number of benzene rings is 2. The molecule has 2 aromatic carbocycles. The van der Waals surface area contributed by atoms with Crippen LogP contribution in [0.4, 0.5) is 4.39 Å². The molecule has 0 saturated heterocycles. The largest absolute Gasteiger partial charge is 0.497 e. The van der Waals surface area contributed by atoms with Crippen LogP contribution in [-0.4, -0.2) is 7.11 Å². The maximum Gasteiger partial charge on any atom is 0.128 e. The van der Waals surface area contributed by atoms with E-state index in [1.165, 1.54) is 6.07 Å². The summed E-state index contributed by atoms with van der Waals surface area (Å²) < 4.78 is 18.8. The van der Waals surface area contributed by atoms with E-state index in [0.717, 1.165) is 16.9 Å². The van der Waals surface area contributed by atoms with Gasteiger partial charge in [0.2, 0.25) is 0 Å². The molecule has 2 nitrogen and oxygen atoms in total. The van der Waals surface area contributed by atoms with Crippen molar-refractivity contribution >= 4 is 0 Å². The number of aryl methyl sites for hydroxylation is 1. The molecule has 0 aromatic heterocycles. The highest BCUT2D eigenvalue weighted by atomic mass is 19.1. The van der Waals surface area contributed by atoms with Gasteiger partial charge in [-0.1, -0.05) is 29.8 Å². The van der Waals surface area contributed by atoms with E-state index in [-0.39, 0.29) is 5.82 Å². The molecular weight excluding hydrogens is 229 g/mol. The van der Waals surface area contributed by atoms with Gasteiger partial charge in [0.05, 0.1) is 13.2 Å². The molecule has 2 aromatic rings. The maximum atomic E-state index is 13.7. The normalized spacial score (nSPS) is 12.2. The van der Waals surface area contributed by atoms with Gasteiger partial charge in [0, 0.05) is 5.56 Å². The first-order valence-electron chi connectivity index (χ1n) is 5.77. The number of nitrogens with two attached hydrogens (primary N) is 1. The fourth-order valence-corrected chi connectivity index (χ4v) is 1.89. The number of hydrogen-bond donors (Lipinski definition) is 1. The smallest absolute Gasteiger partial charge is 0.128 e. The van der Waals surface area contributed by atoms with Crippen LogP contribution >= 0.6 is 0 Å². The predicted molar refractivity (Wildman–Crippen MR) is 70.2 cm³/mol. The SMILES string of the molecule is COc1ccc(C(N)c2cc(C)ccc2F)cc1. The molecule has 2 rings (SSSR count). The minimum atomic E-state index is -0.462. The van der Waals surface area contributed by atoms with Crippen LogP contribution in [0.15, 0.2) is 42.5 Å². The van der Waals surface area contributed by atoms with Gasteiger partial charge in [-0.15, -0.1) is 0 Å². The van der Waals surface area contributed by atoms with E-state index in [4.69, 9.17) is 10.5 Å². The molecule has 0 bridgehead atoms. The van der Waals surface area contributed by atoms with E-state index in [1.807, 2.05) is 31.2 Å². The minimum absolute atomic E-state index is 0.274. The van der Waals surface area contributed by atoms with E-state index < -0.39 is 6.04 Å². The second-order valence-corrected chi connectivity index (χ2v) is 4.28. The molecule has 3 heteroatoms. The lowest BCUT2D eigenvalue weighted by Gasteiger charge is -2.14. The van der Waals surface area contributed by atoms with Gasteiger partial charge in [-0.3, -0.25) is 0 Å². The summed E-state index contributed by atoms with van der Waals surface area (Å²) >= 11 is 0. The van der Waals surface area contributed by atoms with Crippen LogP contribution < -0.4 is 10.5 Å². The van der Waals surface area contributed by atoms with E-state index in [1.54, 1.807) is 19.2 Å². The highest BCUT2D eigenvalue weighted by Gasteiger charge is 2.13. The summed E-state index contributed by atoms with van der Waals surface area (Å²) in [5.41, 5.74) is 8.47. The molecule has 0 aliphatic carbocycles. The van der Waals surface area contributed by atoms with Crippen molar-refractivity contribution in [2.45, 2.75) is 13.0 Å². The monoisotopic (exact) mass is 245 g/mol. The molecule has 0 amide bonds. The third kappa shape index (κ3) is 2.51. The summed E-state index contributed by atoms with van der Waals surface area (Å²) in [5.74, 6) is 0.486. The molecule has 0 fully saturated rings. The van der Waals surface area contributed by atoms with E-state index in [9.17, 15) is 4.39 Å². The van der Waals surface area contributed by atoms with Crippen molar-refractivity contribution < 1.29 is 9.13 Å². The molecule has 0 saturated carbocycles. The van der Waals surface area contributed by atoms with Gasteiger partial charge < -0.3 is 10.5 Å². The zero-order chi connectivity index (χ0) is 13.1. The second kappa shape index (κ2) is 5.19. The summed E-state index contributed by atoms with van der Waals surface area (Å²) in [6, 6.07) is 11.9. The van der Waals surface area contributed by atoms with Crippen molar-refractivity contribution in [2.75, 3.05) is 7.11 Å². The summed E-state index contributed by atoms with van der Waals surface area (Å²) in [5, 5.41) is 0. The Labute approximate surface area is 106 Å². The highest BCUT2D eigenvalue weighted by molar-refractivity contribution is 5.37.